The van der Waals surface area contributed by atoms with Crippen LogP contribution in [0.15, 0.2) is 36.5 Å². The number of hydrogen-bond acceptors (Lipinski definition) is 3. The summed E-state index contributed by atoms with van der Waals surface area (Å²) in [6, 6.07) is 10.3. The van der Waals surface area contributed by atoms with Gasteiger partial charge in [0.05, 0.1) is 5.69 Å². The van der Waals surface area contributed by atoms with Crippen LogP contribution in [0.2, 0.25) is 0 Å². The van der Waals surface area contributed by atoms with Gasteiger partial charge >= 0.3 is 0 Å². The molecule has 1 aromatic carbocycles. The van der Waals surface area contributed by atoms with Crippen molar-refractivity contribution in [2.45, 2.75) is 26.6 Å². The molecule has 0 aliphatic rings. The number of benzene rings is 1. The monoisotopic (exact) mass is 260 g/mol. The molecule has 1 aromatic heterocycles. The van der Waals surface area contributed by atoms with E-state index in [1.165, 1.54) is 5.56 Å². The highest BCUT2D eigenvalue weighted by molar-refractivity contribution is 5.59. The van der Waals surface area contributed by atoms with E-state index in [9.17, 15) is 0 Å². The van der Waals surface area contributed by atoms with Gasteiger partial charge < -0.3 is 9.47 Å². The van der Waals surface area contributed by atoms with Crippen molar-refractivity contribution in [3.8, 4) is 11.3 Å². The van der Waals surface area contributed by atoms with E-state index in [-0.39, 0.29) is 6.29 Å². The average Bonchev–Trinajstić information content (AvgIpc) is 2.93. The van der Waals surface area contributed by atoms with Gasteiger partial charge in [0.1, 0.15) is 0 Å². The lowest BCUT2D eigenvalue weighted by molar-refractivity contribution is -0.134. The smallest absolute Gasteiger partial charge is 0.161 e. The standard InChI is InChI=1S/C15H20N2O2/c1-3-18-15(19-4-2)11-12-6-5-7-13(10-12)14-8-9-16-17-14/h5-10,15H,3-4,11H2,1-2H3,(H,16,17). The molecule has 0 amide bonds. The molecule has 0 atom stereocenters. The van der Waals surface area contributed by atoms with Gasteiger partial charge in [-0.05, 0) is 37.1 Å². The summed E-state index contributed by atoms with van der Waals surface area (Å²) in [4.78, 5) is 0. The van der Waals surface area contributed by atoms with Gasteiger partial charge in [-0.1, -0.05) is 18.2 Å². The van der Waals surface area contributed by atoms with Crippen LogP contribution in [0.25, 0.3) is 11.3 Å². The molecule has 4 nitrogen and oxygen atoms in total. The Balaban J connectivity index is 2.10. The van der Waals surface area contributed by atoms with Crippen molar-refractivity contribution in [2.75, 3.05) is 13.2 Å². The Labute approximate surface area is 113 Å². The van der Waals surface area contributed by atoms with Gasteiger partial charge in [-0.2, -0.15) is 5.10 Å². The lowest BCUT2D eigenvalue weighted by atomic mass is 10.1. The van der Waals surface area contributed by atoms with Crippen molar-refractivity contribution in [3.05, 3.63) is 42.1 Å². The molecular formula is C15H20N2O2. The molecule has 0 aliphatic heterocycles. The van der Waals surface area contributed by atoms with Crippen LogP contribution in [0.1, 0.15) is 19.4 Å². The van der Waals surface area contributed by atoms with Crippen LogP contribution in [0.4, 0.5) is 0 Å². The number of aromatic nitrogens is 2. The molecule has 2 aromatic rings. The number of rotatable bonds is 7. The number of nitrogens with zero attached hydrogens (tertiary/aromatic N) is 1. The normalized spacial score (nSPS) is 11.1. The highest BCUT2D eigenvalue weighted by Crippen LogP contribution is 2.19. The third-order valence-electron chi connectivity index (χ3n) is 2.85. The highest BCUT2D eigenvalue weighted by Gasteiger charge is 2.10. The van der Waals surface area contributed by atoms with E-state index in [1.54, 1.807) is 6.20 Å². The van der Waals surface area contributed by atoms with Crippen LogP contribution in [0.5, 0.6) is 0 Å². The van der Waals surface area contributed by atoms with Crippen molar-refractivity contribution in [2.24, 2.45) is 0 Å². The van der Waals surface area contributed by atoms with Crippen LogP contribution >= 0.6 is 0 Å². The Bertz CT molecular complexity index is 477. The Hall–Kier alpha value is -1.65. The summed E-state index contributed by atoms with van der Waals surface area (Å²) in [5.74, 6) is 0. The summed E-state index contributed by atoms with van der Waals surface area (Å²) >= 11 is 0. The van der Waals surface area contributed by atoms with Crippen LogP contribution in [0, 0.1) is 0 Å². The largest absolute Gasteiger partial charge is 0.353 e. The highest BCUT2D eigenvalue weighted by atomic mass is 16.7. The van der Waals surface area contributed by atoms with Crippen molar-refractivity contribution >= 4 is 0 Å². The maximum absolute atomic E-state index is 5.57. The predicted molar refractivity (Wildman–Crippen MR) is 74.8 cm³/mol. The van der Waals surface area contributed by atoms with Crippen molar-refractivity contribution in [3.63, 3.8) is 0 Å². The first kappa shape index (κ1) is 13.8. The molecule has 0 spiro atoms. The summed E-state index contributed by atoms with van der Waals surface area (Å²) in [7, 11) is 0. The third-order valence-corrected chi connectivity index (χ3v) is 2.85. The second-order valence-electron chi connectivity index (χ2n) is 4.22. The minimum Gasteiger partial charge on any atom is -0.353 e. The zero-order valence-corrected chi connectivity index (χ0v) is 11.4. The number of H-pyrrole nitrogens is 1. The van der Waals surface area contributed by atoms with Gasteiger partial charge in [0, 0.05) is 25.8 Å². The van der Waals surface area contributed by atoms with Crippen LogP contribution in [-0.4, -0.2) is 29.7 Å². The Morgan fingerprint density at radius 1 is 1.16 bits per heavy atom. The molecule has 0 fully saturated rings. The Kier molecular flexibility index (Phi) is 5.12. The molecule has 19 heavy (non-hydrogen) atoms. The zero-order chi connectivity index (χ0) is 13.5. The fourth-order valence-corrected chi connectivity index (χ4v) is 2.01. The summed E-state index contributed by atoms with van der Waals surface area (Å²) in [5, 5.41) is 6.95. The van der Waals surface area contributed by atoms with Gasteiger partial charge in [0.25, 0.3) is 0 Å². The Morgan fingerprint density at radius 3 is 2.58 bits per heavy atom. The van der Waals surface area contributed by atoms with E-state index >= 15 is 0 Å². The van der Waals surface area contributed by atoms with Gasteiger partial charge in [0.2, 0.25) is 0 Å². The average molecular weight is 260 g/mol. The molecule has 0 unspecified atom stereocenters. The van der Waals surface area contributed by atoms with E-state index in [1.807, 2.05) is 26.0 Å². The van der Waals surface area contributed by atoms with E-state index in [2.05, 4.69) is 28.4 Å². The fraction of sp³-hybridized carbons (Fsp3) is 0.400. The first-order valence-corrected chi connectivity index (χ1v) is 6.65. The molecule has 2 rings (SSSR count). The SMILES string of the molecule is CCOC(Cc1cccc(-c2ccn[nH]2)c1)OCC. The molecule has 0 aliphatic carbocycles. The van der Waals surface area contributed by atoms with Crippen LogP contribution < -0.4 is 0 Å². The molecule has 4 heteroatoms. The van der Waals surface area contributed by atoms with E-state index in [4.69, 9.17) is 9.47 Å². The summed E-state index contributed by atoms with van der Waals surface area (Å²) in [6.07, 6.45) is 2.33. The molecule has 0 saturated heterocycles. The van der Waals surface area contributed by atoms with Gasteiger partial charge in [-0.15, -0.1) is 0 Å². The molecule has 0 radical (unpaired) electrons. The maximum Gasteiger partial charge on any atom is 0.161 e. The molecular weight excluding hydrogens is 240 g/mol. The molecule has 1 N–H and O–H groups in total. The minimum atomic E-state index is -0.174. The zero-order valence-electron chi connectivity index (χ0n) is 11.4. The first-order valence-electron chi connectivity index (χ1n) is 6.65. The first-order chi connectivity index (χ1) is 9.33. The van der Waals surface area contributed by atoms with Crippen molar-refractivity contribution < 1.29 is 9.47 Å². The second kappa shape index (κ2) is 7.07. The van der Waals surface area contributed by atoms with Crippen LogP contribution in [0.3, 0.4) is 0 Å². The van der Waals surface area contributed by atoms with Crippen LogP contribution in [-0.2, 0) is 15.9 Å². The minimum absolute atomic E-state index is 0.174. The van der Waals surface area contributed by atoms with E-state index < -0.39 is 0 Å². The van der Waals surface area contributed by atoms with Crippen molar-refractivity contribution in [1.29, 1.82) is 0 Å². The van der Waals surface area contributed by atoms with Gasteiger partial charge in [0.15, 0.2) is 6.29 Å². The summed E-state index contributed by atoms with van der Waals surface area (Å²) < 4.78 is 11.1. The number of aromatic amines is 1. The topological polar surface area (TPSA) is 47.1 Å². The van der Waals surface area contributed by atoms with Crippen molar-refractivity contribution in [1.82, 2.24) is 10.2 Å². The maximum atomic E-state index is 5.57. The van der Waals surface area contributed by atoms with E-state index in [0.29, 0.717) is 13.2 Å². The van der Waals surface area contributed by atoms with Gasteiger partial charge in [-0.25, -0.2) is 0 Å². The summed E-state index contributed by atoms with van der Waals surface area (Å²) in [6.45, 7) is 5.27. The molecule has 0 saturated carbocycles. The lowest BCUT2D eigenvalue weighted by Gasteiger charge is -2.17. The quantitative estimate of drug-likeness (QED) is 0.778. The number of nitrogens with one attached hydrogen (secondary N) is 1. The number of hydrogen-bond donors (Lipinski definition) is 1. The second-order valence-corrected chi connectivity index (χ2v) is 4.22. The fourth-order valence-electron chi connectivity index (χ4n) is 2.01. The molecule has 0 bridgehead atoms. The predicted octanol–water partition coefficient (Wildman–Crippen LogP) is 3.02. The Morgan fingerprint density at radius 2 is 1.95 bits per heavy atom. The van der Waals surface area contributed by atoms with Gasteiger partial charge in [-0.3, -0.25) is 5.10 Å². The lowest BCUT2D eigenvalue weighted by Crippen LogP contribution is -2.20. The molecule has 1 heterocycles. The number of ether oxygens (including phenoxy) is 2. The molecule has 102 valence electrons. The summed E-state index contributed by atoms with van der Waals surface area (Å²) in [5.41, 5.74) is 3.34. The van der Waals surface area contributed by atoms with E-state index in [0.717, 1.165) is 17.7 Å². The third kappa shape index (κ3) is 3.91.